The van der Waals surface area contributed by atoms with Gasteiger partial charge in [-0.05, 0) is 47.0 Å². The third-order valence-corrected chi connectivity index (χ3v) is 3.71. The zero-order valence-corrected chi connectivity index (χ0v) is 14.6. The Morgan fingerprint density at radius 3 is 2.74 bits per heavy atom. The van der Waals surface area contributed by atoms with E-state index in [-0.39, 0.29) is 11.9 Å². The van der Waals surface area contributed by atoms with E-state index in [1.54, 1.807) is 6.34 Å². The molecule has 0 aromatic heterocycles. The van der Waals surface area contributed by atoms with Gasteiger partial charge in [0.2, 0.25) is 5.91 Å². The normalized spacial score (nSPS) is 18.8. The molecule has 132 valence electrons. The summed E-state index contributed by atoms with van der Waals surface area (Å²) in [6.07, 6.45) is 3.65. The number of rotatable bonds is 9. The van der Waals surface area contributed by atoms with E-state index in [0.717, 1.165) is 25.9 Å². The summed E-state index contributed by atoms with van der Waals surface area (Å²) in [5.41, 5.74) is 0.0268. The summed E-state index contributed by atoms with van der Waals surface area (Å²) < 4.78 is 0. The van der Waals surface area contributed by atoms with Crippen LogP contribution in [0.3, 0.4) is 0 Å². The lowest BCUT2D eigenvalue weighted by Gasteiger charge is -2.32. The monoisotopic (exact) mass is 325 g/mol. The molecule has 1 saturated heterocycles. The van der Waals surface area contributed by atoms with Gasteiger partial charge >= 0.3 is 0 Å². The first-order valence-electron chi connectivity index (χ1n) is 8.12. The average molecular weight is 325 g/mol. The van der Waals surface area contributed by atoms with E-state index >= 15 is 0 Å². The summed E-state index contributed by atoms with van der Waals surface area (Å²) in [6.45, 7) is 8.36. The summed E-state index contributed by atoms with van der Waals surface area (Å²) in [5, 5.41) is 19.5. The molecule has 7 heteroatoms. The highest BCUT2D eigenvalue weighted by atomic mass is 16.3. The highest BCUT2D eigenvalue weighted by Gasteiger charge is 2.28. The lowest BCUT2D eigenvalue weighted by molar-refractivity contribution is -0.122. The molecule has 1 unspecified atom stereocenters. The molecule has 1 heterocycles. The number of aliphatic imine (C=N–C) groups is 1. The Kier molecular flexibility index (Phi) is 8.22. The van der Waals surface area contributed by atoms with E-state index in [4.69, 9.17) is 0 Å². The maximum absolute atomic E-state index is 11.7. The topological polar surface area (TPSA) is 89.0 Å². The fraction of sp³-hybridized carbons (Fsp3) is 0.750. The lowest BCUT2D eigenvalue weighted by Crippen LogP contribution is -2.48. The molecule has 1 aliphatic heterocycles. The van der Waals surface area contributed by atoms with Gasteiger partial charge in [0.15, 0.2) is 0 Å². The smallest absolute Gasteiger partial charge is 0.234 e. The first-order chi connectivity index (χ1) is 10.8. The molecule has 23 heavy (non-hydrogen) atoms. The van der Waals surface area contributed by atoms with Crippen molar-refractivity contribution in [3.63, 3.8) is 0 Å². The Bertz CT molecular complexity index is 417. The fourth-order valence-corrected chi connectivity index (χ4v) is 2.51. The maximum atomic E-state index is 11.7. The van der Waals surface area contributed by atoms with Crippen LogP contribution in [0, 0.1) is 0 Å². The second kappa shape index (κ2) is 9.64. The molecular weight excluding hydrogens is 294 g/mol. The van der Waals surface area contributed by atoms with Gasteiger partial charge in [0.25, 0.3) is 0 Å². The zero-order chi connectivity index (χ0) is 17.3. The van der Waals surface area contributed by atoms with E-state index in [0.29, 0.717) is 25.2 Å². The Balaban J connectivity index is 2.23. The summed E-state index contributed by atoms with van der Waals surface area (Å²) in [7, 11) is 3.71. The van der Waals surface area contributed by atoms with Gasteiger partial charge in [-0.25, -0.2) is 4.99 Å². The van der Waals surface area contributed by atoms with Crippen LogP contribution in [0.25, 0.3) is 0 Å². The predicted molar refractivity (Wildman–Crippen MR) is 93.5 cm³/mol. The number of hydrogen-bond donors (Lipinski definition) is 4. The first-order valence-corrected chi connectivity index (χ1v) is 8.12. The number of nitrogens with one attached hydrogen (secondary N) is 3. The van der Waals surface area contributed by atoms with Crippen molar-refractivity contribution in [3.8, 4) is 0 Å². The number of aliphatic hydroxyl groups is 1. The van der Waals surface area contributed by atoms with Gasteiger partial charge in [-0.15, -0.1) is 0 Å². The third kappa shape index (κ3) is 8.68. The van der Waals surface area contributed by atoms with Gasteiger partial charge < -0.3 is 26.0 Å². The van der Waals surface area contributed by atoms with Crippen molar-refractivity contribution in [1.29, 1.82) is 0 Å². The highest BCUT2D eigenvalue weighted by molar-refractivity contribution is 5.78. The molecule has 1 aliphatic rings. The van der Waals surface area contributed by atoms with Gasteiger partial charge in [-0.3, -0.25) is 4.79 Å². The Labute approximate surface area is 139 Å². The average Bonchev–Trinajstić information content (AvgIpc) is 2.43. The minimum atomic E-state index is -0.661. The molecule has 0 radical (unpaired) electrons. The highest BCUT2D eigenvalue weighted by Crippen LogP contribution is 2.16. The van der Waals surface area contributed by atoms with Crippen molar-refractivity contribution < 1.29 is 9.90 Å². The van der Waals surface area contributed by atoms with Crippen molar-refractivity contribution in [3.05, 3.63) is 12.3 Å². The van der Waals surface area contributed by atoms with Crippen molar-refractivity contribution in [1.82, 2.24) is 20.9 Å². The second-order valence-electron chi connectivity index (χ2n) is 6.59. The summed E-state index contributed by atoms with van der Waals surface area (Å²) in [4.78, 5) is 17.7. The Morgan fingerprint density at radius 1 is 1.48 bits per heavy atom. The van der Waals surface area contributed by atoms with E-state index in [2.05, 4.69) is 27.5 Å². The van der Waals surface area contributed by atoms with Crippen LogP contribution in [0.4, 0.5) is 0 Å². The Hall–Kier alpha value is -1.44. The number of nitrogens with zero attached hydrogens (tertiary/aromatic N) is 2. The van der Waals surface area contributed by atoms with E-state index < -0.39 is 5.60 Å². The van der Waals surface area contributed by atoms with E-state index in [1.807, 2.05) is 25.9 Å². The van der Waals surface area contributed by atoms with Crippen LogP contribution in [0.2, 0.25) is 0 Å². The number of piperidine rings is 1. The van der Waals surface area contributed by atoms with Gasteiger partial charge in [0.1, 0.15) is 0 Å². The van der Waals surface area contributed by atoms with Gasteiger partial charge in [0, 0.05) is 24.7 Å². The van der Waals surface area contributed by atoms with Gasteiger partial charge in [-0.2, -0.15) is 0 Å². The van der Waals surface area contributed by atoms with Crippen molar-refractivity contribution in [2.45, 2.75) is 37.8 Å². The molecule has 1 atom stereocenters. The lowest BCUT2D eigenvalue weighted by atomic mass is 9.93. The van der Waals surface area contributed by atoms with Crippen LogP contribution in [-0.4, -0.2) is 74.2 Å². The number of hydrogen-bond acceptors (Lipinski definition) is 5. The maximum Gasteiger partial charge on any atom is 0.234 e. The molecule has 1 amide bonds. The quantitative estimate of drug-likeness (QED) is 0.345. The molecule has 1 fully saturated rings. The number of likely N-dealkylation sites (N-methyl/N-ethyl adjacent to an activating group) is 1. The van der Waals surface area contributed by atoms with Crippen molar-refractivity contribution >= 4 is 12.2 Å². The second-order valence-corrected chi connectivity index (χ2v) is 6.59. The molecule has 0 aromatic rings. The van der Waals surface area contributed by atoms with Crippen LogP contribution < -0.4 is 16.0 Å². The number of amides is 1. The van der Waals surface area contributed by atoms with Crippen LogP contribution >= 0.6 is 0 Å². The summed E-state index contributed by atoms with van der Waals surface area (Å²) in [5.74, 6) is -0.00876. The molecular formula is C16H31N5O2. The SMILES string of the molecule is C=C(CC(C)NC(=O)CN(C)C)/N=C\NCC1(O)CCNCC1. The zero-order valence-electron chi connectivity index (χ0n) is 14.6. The number of carbonyl (C=O) groups is 1. The Morgan fingerprint density at radius 2 is 2.13 bits per heavy atom. The van der Waals surface area contributed by atoms with Crippen LogP contribution in [-0.2, 0) is 4.79 Å². The largest absolute Gasteiger partial charge is 0.388 e. The predicted octanol–water partition coefficient (Wildman–Crippen LogP) is -0.311. The van der Waals surface area contributed by atoms with E-state index in [9.17, 15) is 9.90 Å². The van der Waals surface area contributed by atoms with Crippen LogP contribution in [0.5, 0.6) is 0 Å². The molecule has 7 nitrogen and oxygen atoms in total. The molecule has 1 rings (SSSR count). The minimum Gasteiger partial charge on any atom is -0.388 e. The summed E-state index contributed by atoms with van der Waals surface area (Å²) in [6, 6.07) is -0.0132. The van der Waals surface area contributed by atoms with Crippen LogP contribution in [0.15, 0.2) is 17.3 Å². The van der Waals surface area contributed by atoms with Gasteiger partial charge in [0.05, 0.1) is 18.5 Å². The molecule has 0 bridgehead atoms. The fourth-order valence-electron chi connectivity index (χ4n) is 2.51. The minimum absolute atomic E-state index is 0.00876. The summed E-state index contributed by atoms with van der Waals surface area (Å²) >= 11 is 0. The number of carbonyl (C=O) groups excluding carboxylic acids is 1. The molecule has 0 aliphatic carbocycles. The third-order valence-electron chi connectivity index (χ3n) is 3.71. The van der Waals surface area contributed by atoms with Crippen molar-refractivity contribution in [2.75, 3.05) is 40.3 Å². The van der Waals surface area contributed by atoms with Crippen molar-refractivity contribution in [2.24, 2.45) is 4.99 Å². The van der Waals surface area contributed by atoms with Crippen LogP contribution in [0.1, 0.15) is 26.2 Å². The first kappa shape index (κ1) is 19.6. The molecule has 0 spiro atoms. The van der Waals surface area contributed by atoms with Gasteiger partial charge in [-0.1, -0.05) is 6.58 Å². The molecule has 0 saturated carbocycles. The molecule has 4 N–H and O–H groups in total. The standard InChI is InChI=1S/C16H31N5O2/c1-13(9-14(2)20-15(22)10-21(3)4)19-12-18-11-16(23)5-7-17-8-6-16/h12,14,17,23H,1,5-11H2,2-4H3,(H,18,19)(H,20,22). The molecule has 0 aromatic carbocycles. The van der Waals surface area contributed by atoms with E-state index in [1.165, 1.54) is 0 Å².